The zero-order valence-corrected chi connectivity index (χ0v) is 23.8. The van der Waals surface area contributed by atoms with E-state index in [1.165, 1.54) is 12.1 Å². The van der Waals surface area contributed by atoms with Crippen LogP contribution in [0.15, 0.2) is 121 Å². The molecule has 0 aliphatic carbocycles. The van der Waals surface area contributed by atoms with Gasteiger partial charge in [0.15, 0.2) is 0 Å². The molecule has 0 aromatic heterocycles. The Morgan fingerprint density at radius 3 is 1.39 bits per heavy atom. The molecule has 3 nitrogen and oxygen atoms in total. The first-order chi connectivity index (χ1) is 19.4. The topological polar surface area (TPSA) is 46.5 Å². The van der Waals surface area contributed by atoms with Gasteiger partial charge in [0.2, 0.25) is 0 Å². The van der Waals surface area contributed by atoms with Crippen LogP contribution in [0.2, 0.25) is 0 Å². The van der Waals surface area contributed by atoms with Crippen molar-refractivity contribution in [2.24, 2.45) is 0 Å². The van der Waals surface area contributed by atoms with Crippen LogP contribution in [-0.4, -0.2) is 33.7 Å². The third-order valence-corrected chi connectivity index (χ3v) is 10.7. The second-order valence-electron chi connectivity index (χ2n) is 10.4. The van der Waals surface area contributed by atoms with Gasteiger partial charge in [0.1, 0.15) is 5.60 Å². The highest BCUT2D eigenvalue weighted by Gasteiger charge is 2.61. The first kappa shape index (κ1) is 29.9. The summed E-state index contributed by atoms with van der Waals surface area (Å²) in [6.45, 7) is 0.929. The van der Waals surface area contributed by atoms with E-state index in [0.717, 1.165) is 0 Å². The fourth-order valence-electron chi connectivity index (χ4n) is 4.59. The second kappa shape index (κ2) is 11.8. The highest BCUT2D eigenvalue weighted by Crippen LogP contribution is 2.51. The molecule has 0 heterocycles. The number of rotatable bonds is 5. The molecule has 0 saturated heterocycles. The van der Waals surface area contributed by atoms with Crippen LogP contribution in [0.25, 0.3) is 0 Å². The standard InChI is InChI=1S/C34H30F3O3P/c1-32(2,3)40-31(38)30(33(39,34(35,36)37)25-24-26-16-8-4-9-17-26)41(27-18-10-5-11-19-27,28-20-12-6-13-21-28)29-22-14-7-15-23-29/h4-23,39H,1-3H3. The third kappa shape index (κ3) is 6.17. The second-order valence-corrected chi connectivity index (χ2v) is 13.7. The first-order valence-electron chi connectivity index (χ1n) is 12.9. The molecule has 210 valence electrons. The molecule has 0 radical (unpaired) electrons. The number of hydrogen-bond donors (Lipinski definition) is 1. The fourth-order valence-corrected chi connectivity index (χ4v) is 9.11. The molecule has 0 aliphatic heterocycles. The van der Waals surface area contributed by atoms with Crippen LogP contribution in [0, 0.1) is 11.8 Å². The fraction of sp³-hybridized carbons (Fsp3) is 0.176. The quantitative estimate of drug-likeness (QED) is 0.185. The summed E-state index contributed by atoms with van der Waals surface area (Å²) in [5, 5.41) is 12.4. The van der Waals surface area contributed by atoms with Gasteiger partial charge in [0.25, 0.3) is 5.60 Å². The summed E-state index contributed by atoms with van der Waals surface area (Å²) in [5.41, 5.74) is -4.79. The average molecular weight is 575 g/mol. The summed E-state index contributed by atoms with van der Waals surface area (Å²) in [5.74, 6) is 3.32. The zero-order valence-electron chi connectivity index (χ0n) is 22.9. The zero-order chi connectivity index (χ0) is 29.7. The maximum Gasteiger partial charge on any atom is 0.433 e. The minimum atomic E-state index is -5.37. The van der Waals surface area contributed by atoms with Crippen LogP contribution < -0.4 is 15.9 Å². The molecule has 4 rings (SSSR count). The van der Waals surface area contributed by atoms with Crippen LogP contribution in [0.5, 0.6) is 0 Å². The van der Waals surface area contributed by atoms with E-state index in [1.807, 2.05) is 0 Å². The van der Waals surface area contributed by atoms with Gasteiger partial charge >= 0.3 is 12.1 Å². The monoisotopic (exact) mass is 574 g/mol. The molecule has 0 fully saturated rings. The molecular formula is C34H30F3O3P. The van der Waals surface area contributed by atoms with Gasteiger partial charge in [-0.2, -0.15) is 13.2 Å². The largest absolute Gasteiger partial charge is 0.456 e. The first-order valence-corrected chi connectivity index (χ1v) is 14.7. The highest BCUT2D eigenvalue weighted by atomic mass is 31.2. The van der Waals surface area contributed by atoms with E-state index in [0.29, 0.717) is 15.9 Å². The molecule has 0 bridgehead atoms. The Balaban J connectivity index is 2.34. The lowest BCUT2D eigenvalue weighted by Gasteiger charge is -2.38. The van der Waals surface area contributed by atoms with E-state index in [2.05, 4.69) is 11.8 Å². The minimum absolute atomic E-state index is 0.252. The van der Waals surface area contributed by atoms with Gasteiger partial charge in [0, 0.05) is 5.56 Å². The third-order valence-electron chi connectivity index (χ3n) is 6.27. The van der Waals surface area contributed by atoms with Crippen molar-refractivity contribution in [3.63, 3.8) is 0 Å². The van der Waals surface area contributed by atoms with E-state index in [1.54, 1.807) is 130 Å². The van der Waals surface area contributed by atoms with Crippen LogP contribution in [0.4, 0.5) is 13.2 Å². The van der Waals surface area contributed by atoms with Crippen LogP contribution in [-0.2, 0) is 9.53 Å². The van der Waals surface area contributed by atoms with Gasteiger partial charge in [-0.05, 0) is 61.6 Å². The molecule has 1 unspecified atom stereocenters. The summed E-state index contributed by atoms with van der Waals surface area (Å²) in [4.78, 5) is 14.3. The molecule has 4 aromatic carbocycles. The Labute approximate surface area is 238 Å². The van der Waals surface area contributed by atoms with Crippen molar-refractivity contribution >= 4 is 34.1 Å². The Bertz CT molecular complexity index is 1500. The van der Waals surface area contributed by atoms with Crippen molar-refractivity contribution in [3.05, 3.63) is 127 Å². The van der Waals surface area contributed by atoms with Gasteiger partial charge in [-0.15, -0.1) is 0 Å². The number of esters is 1. The number of halogens is 3. The lowest BCUT2D eigenvalue weighted by molar-refractivity contribution is -0.209. The van der Waals surface area contributed by atoms with Gasteiger partial charge < -0.3 is 9.84 Å². The Hall–Kier alpha value is -4.04. The van der Waals surface area contributed by atoms with E-state index >= 15 is 13.2 Å². The number of aliphatic hydroxyl groups is 1. The van der Waals surface area contributed by atoms with Crippen molar-refractivity contribution in [2.75, 3.05) is 0 Å². The molecule has 1 N–H and O–H groups in total. The maximum atomic E-state index is 15.4. The summed E-state index contributed by atoms with van der Waals surface area (Å²) >= 11 is 0. The summed E-state index contributed by atoms with van der Waals surface area (Å²) in [7, 11) is 0. The van der Waals surface area contributed by atoms with Crippen molar-refractivity contribution in [1.82, 2.24) is 0 Å². The smallest absolute Gasteiger partial charge is 0.433 e. The average Bonchev–Trinajstić information content (AvgIpc) is 2.95. The maximum absolute atomic E-state index is 15.4. The van der Waals surface area contributed by atoms with Crippen LogP contribution in [0.1, 0.15) is 26.3 Å². The number of alkyl halides is 3. The molecule has 0 amide bonds. The van der Waals surface area contributed by atoms with Crippen molar-refractivity contribution in [2.45, 2.75) is 38.1 Å². The van der Waals surface area contributed by atoms with Gasteiger partial charge in [-0.3, -0.25) is 0 Å². The van der Waals surface area contributed by atoms with Crippen molar-refractivity contribution < 1.29 is 27.8 Å². The normalized spacial score (nSPS) is 13.3. The Kier molecular flexibility index (Phi) is 8.63. The molecule has 0 saturated carbocycles. The van der Waals surface area contributed by atoms with Gasteiger partial charge in [-0.25, -0.2) is 4.79 Å². The van der Waals surface area contributed by atoms with Crippen LogP contribution >= 0.6 is 6.89 Å². The molecule has 0 spiro atoms. The number of carbonyl (C=O) groups is 1. The highest BCUT2D eigenvalue weighted by molar-refractivity contribution is 7.96. The molecule has 1 atom stereocenters. The van der Waals surface area contributed by atoms with Crippen LogP contribution in [0.3, 0.4) is 0 Å². The number of ether oxygens (including phenoxy) is 1. The van der Waals surface area contributed by atoms with Crippen molar-refractivity contribution in [3.8, 4) is 11.8 Å². The molecule has 41 heavy (non-hydrogen) atoms. The minimum Gasteiger partial charge on any atom is -0.456 e. The number of carbonyl (C=O) groups excluding carboxylic acids is 1. The van der Waals surface area contributed by atoms with Gasteiger partial charge in [0.05, 0.1) is 5.29 Å². The SMILES string of the molecule is CC(C)(C)OC(=O)C(C(O)(C#Cc1ccccc1)C(F)(F)F)=P(c1ccccc1)(c1ccccc1)c1ccccc1. The van der Waals surface area contributed by atoms with Gasteiger partial charge in [-0.1, -0.05) is 115 Å². The summed E-state index contributed by atoms with van der Waals surface area (Å²) in [6, 6.07) is 33.5. The van der Waals surface area contributed by atoms with Crippen molar-refractivity contribution in [1.29, 1.82) is 0 Å². The van der Waals surface area contributed by atoms with E-state index in [4.69, 9.17) is 4.74 Å². The predicted octanol–water partition coefficient (Wildman–Crippen LogP) is 5.84. The van der Waals surface area contributed by atoms with E-state index in [9.17, 15) is 9.90 Å². The van der Waals surface area contributed by atoms with E-state index in [-0.39, 0.29) is 5.56 Å². The Morgan fingerprint density at radius 1 is 0.683 bits per heavy atom. The molecule has 4 aromatic rings. The Morgan fingerprint density at radius 2 is 1.05 bits per heavy atom. The number of hydrogen-bond acceptors (Lipinski definition) is 3. The molecule has 7 heteroatoms. The lowest BCUT2D eigenvalue weighted by atomic mass is 9.98. The lowest BCUT2D eigenvalue weighted by Crippen LogP contribution is -2.57. The number of benzene rings is 4. The predicted molar refractivity (Wildman–Crippen MR) is 160 cm³/mol. The summed E-state index contributed by atoms with van der Waals surface area (Å²) < 4.78 is 51.8. The summed E-state index contributed by atoms with van der Waals surface area (Å²) in [6.07, 6.45) is -5.37. The molecular weight excluding hydrogens is 544 g/mol. The molecule has 0 aliphatic rings. The van der Waals surface area contributed by atoms with E-state index < -0.39 is 35.5 Å².